The second-order valence-electron chi connectivity index (χ2n) is 8.92. The SMILES string of the molecule is CC(N)=Nc1n[nH]c(C)c1N.CC(N)=Nc1n[nH]c(C)c1N=Nc1c(C#N)cnn1-c1cc(-n2ncc(C#N)c2N)ncn1. The Kier molecular flexibility index (Phi) is 8.66. The monoisotopic (exact) mass is 594 g/mol. The molecule has 0 radical (unpaired) electrons. The number of hydrogen-bond acceptors (Lipinski definition) is 14. The molecule has 0 atom stereocenters. The Morgan fingerprint density at radius 3 is 1.98 bits per heavy atom. The third-order valence-corrected chi connectivity index (χ3v) is 5.54. The maximum atomic E-state index is 9.51. The second kappa shape index (κ2) is 12.7. The molecule has 5 rings (SSSR count). The summed E-state index contributed by atoms with van der Waals surface area (Å²) in [7, 11) is 0. The molecule has 0 spiro atoms. The maximum Gasteiger partial charge on any atom is 0.203 e. The van der Waals surface area contributed by atoms with Gasteiger partial charge in [0.2, 0.25) is 5.82 Å². The summed E-state index contributed by atoms with van der Waals surface area (Å²) in [6.07, 6.45) is 3.93. The highest BCUT2D eigenvalue weighted by Gasteiger charge is 2.17. The fourth-order valence-corrected chi connectivity index (χ4v) is 3.43. The molecule has 0 bridgehead atoms. The summed E-state index contributed by atoms with van der Waals surface area (Å²) in [4.78, 5) is 16.4. The lowest BCUT2D eigenvalue weighted by molar-refractivity contribution is 0.805. The van der Waals surface area contributed by atoms with Crippen LogP contribution in [0.25, 0.3) is 11.6 Å². The first kappa shape index (κ1) is 30.0. The number of nitrogens with two attached hydrogens (primary N) is 4. The number of aromatic nitrogens is 10. The smallest absolute Gasteiger partial charge is 0.203 e. The quantitative estimate of drug-likeness (QED) is 0.0932. The van der Waals surface area contributed by atoms with Crippen LogP contribution in [0.3, 0.4) is 0 Å². The highest BCUT2D eigenvalue weighted by Crippen LogP contribution is 2.32. The van der Waals surface area contributed by atoms with E-state index >= 15 is 0 Å². The van der Waals surface area contributed by atoms with Crippen molar-refractivity contribution in [1.29, 1.82) is 10.5 Å². The van der Waals surface area contributed by atoms with Crippen molar-refractivity contribution < 1.29 is 0 Å². The molecule has 5 heterocycles. The number of nitrogens with one attached hydrogen (secondary N) is 2. The zero-order valence-electron chi connectivity index (χ0n) is 23.9. The number of aliphatic imine (C=N–C) groups is 2. The number of nitriles is 2. The molecule has 5 aromatic heterocycles. The fourth-order valence-electron chi connectivity index (χ4n) is 3.43. The molecule has 20 heteroatoms. The second-order valence-corrected chi connectivity index (χ2v) is 8.92. The van der Waals surface area contributed by atoms with Crippen molar-refractivity contribution in [3.8, 4) is 23.8 Å². The molecule has 10 N–H and O–H groups in total. The molecule has 0 amide bonds. The van der Waals surface area contributed by atoms with E-state index in [1.54, 1.807) is 20.8 Å². The van der Waals surface area contributed by atoms with E-state index in [-0.39, 0.29) is 40.2 Å². The number of aromatic amines is 2. The number of aryl methyl sites for hydroxylation is 2. The van der Waals surface area contributed by atoms with Gasteiger partial charge in [-0.3, -0.25) is 10.2 Å². The average molecular weight is 595 g/mol. The summed E-state index contributed by atoms with van der Waals surface area (Å²) < 4.78 is 2.60. The molecule has 0 aliphatic rings. The van der Waals surface area contributed by atoms with Crippen LogP contribution in [0.4, 0.5) is 34.6 Å². The van der Waals surface area contributed by atoms with Crippen LogP contribution >= 0.6 is 0 Å². The average Bonchev–Trinajstić information content (AvgIpc) is 3.75. The number of nitrogen functional groups attached to an aromatic ring is 2. The molecule has 0 aromatic carbocycles. The molecule has 0 aliphatic carbocycles. The molecule has 0 unspecified atom stereocenters. The molecule has 0 fully saturated rings. The summed E-state index contributed by atoms with van der Waals surface area (Å²) in [6.45, 7) is 6.87. The Labute approximate surface area is 248 Å². The van der Waals surface area contributed by atoms with Crippen LogP contribution in [-0.2, 0) is 0 Å². The highest BCUT2D eigenvalue weighted by atomic mass is 15.4. The number of anilines is 2. The molecule has 222 valence electrons. The van der Waals surface area contributed by atoms with Gasteiger partial charge in [-0.25, -0.2) is 20.0 Å². The van der Waals surface area contributed by atoms with Gasteiger partial charge in [0.1, 0.15) is 35.4 Å². The molecule has 0 saturated heterocycles. The third kappa shape index (κ3) is 6.34. The molecule has 5 aromatic rings. The number of H-pyrrole nitrogens is 2. The van der Waals surface area contributed by atoms with Gasteiger partial charge in [0.25, 0.3) is 0 Å². The number of hydrogen-bond donors (Lipinski definition) is 6. The zero-order chi connectivity index (χ0) is 32.0. The van der Waals surface area contributed by atoms with Gasteiger partial charge in [0.05, 0.1) is 41.1 Å². The van der Waals surface area contributed by atoms with Gasteiger partial charge >= 0.3 is 0 Å². The number of nitrogens with zero attached hydrogens (tertiary/aromatic N) is 14. The predicted molar refractivity (Wildman–Crippen MR) is 159 cm³/mol. The van der Waals surface area contributed by atoms with E-state index in [1.165, 1.54) is 34.2 Å². The Bertz CT molecular complexity index is 1970. The molecule has 20 nitrogen and oxygen atoms in total. The van der Waals surface area contributed by atoms with Gasteiger partial charge in [-0.15, -0.1) is 10.2 Å². The van der Waals surface area contributed by atoms with E-state index in [0.717, 1.165) is 5.69 Å². The number of rotatable bonds is 6. The van der Waals surface area contributed by atoms with Crippen molar-refractivity contribution >= 4 is 46.3 Å². The van der Waals surface area contributed by atoms with Crippen LogP contribution in [0.1, 0.15) is 36.4 Å². The van der Waals surface area contributed by atoms with Crippen molar-refractivity contribution in [2.75, 3.05) is 11.5 Å². The lowest BCUT2D eigenvalue weighted by Crippen LogP contribution is -2.07. The Morgan fingerprint density at radius 2 is 1.39 bits per heavy atom. The van der Waals surface area contributed by atoms with Crippen LogP contribution in [0.2, 0.25) is 0 Å². The lowest BCUT2D eigenvalue weighted by atomic mass is 10.3. The summed E-state index contributed by atoms with van der Waals surface area (Å²) in [5.74, 6) is 2.26. The van der Waals surface area contributed by atoms with Crippen LogP contribution in [0, 0.1) is 36.5 Å². The van der Waals surface area contributed by atoms with Gasteiger partial charge in [-0.05, 0) is 27.7 Å². The summed E-state index contributed by atoms with van der Waals surface area (Å²) in [6, 6.07) is 5.49. The van der Waals surface area contributed by atoms with Crippen LogP contribution in [-0.4, -0.2) is 61.6 Å². The van der Waals surface area contributed by atoms with E-state index in [1.807, 2.05) is 19.1 Å². The third-order valence-electron chi connectivity index (χ3n) is 5.54. The highest BCUT2D eigenvalue weighted by molar-refractivity contribution is 5.82. The summed E-state index contributed by atoms with van der Waals surface area (Å²) >= 11 is 0. The van der Waals surface area contributed by atoms with Crippen LogP contribution < -0.4 is 22.9 Å². The van der Waals surface area contributed by atoms with Crippen molar-refractivity contribution in [2.45, 2.75) is 27.7 Å². The van der Waals surface area contributed by atoms with Gasteiger partial charge in [0, 0.05) is 6.07 Å². The Balaban J connectivity index is 0.000000339. The van der Waals surface area contributed by atoms with E-state index in [4.69, 9.17) is 28.2 Å². The van der Waals surface area contributed by atoms with Gasteiger partial charge < -0.3 is 22.9 Å². The predicted octanol–water partition coefficient (Wildman–Crippen LogP) is 1.94. The molecule has 44 heavy (non-hydrogen) atoms. The fraction of sp³-hybridized carbons (Fsp3) is 0.167. The first-order valence-electron chi connectivity index (χ1n) is 12.5. The normalized spacial score (nSPS) is 11.7. The van der Waals surface area contributed by atoms with E-state index in [0.29, 0.717) is 34.6 Å². The Hall–Kier alpha value is -6.96. The minimum atomic E-state index is 0.119. The van der Waals surface area contributed by atoms with Crippen LogP contribution in [0.5, 0.6) is 0 Å². The van der Waals surface area contributed by atoms with Crippen molar-refractivity contribution in [2.24, 2.45) is 31.7 Å². The van der Waals surface area contributed by atoms with Crippen LogP contribution in [0.15, 0.2) is 45.0 Å². The molecule has 0 saturated carbocycles. The first-order valence-corrected chi connectivity index (χ1v) is 12.5. The summed E-state index contributed by atoms with van der Waals surface area (Å²) in [5, 5.41) is 48.6. The largest absolute Gasteiger partial charge is 0.394 e. The number of amidine groups is 2. The van der Waals surface area contributed by atoms with Crippen molar-refractivity contribution in [3.05, 3.63) is 47.3 Å². The van der Waals surface area contributed by atoms with Gasteiger partial charge in [0.15, 0.2) is 29.0 Å². The van der Waals surface area contributed by atoms with E-state index < -0.39 is 0 Å². The minimum Gasteiger partial charge on any atom is -0.394 e. The molecule has 0 aliphatic heterocycles. The number of azo groups is 1. The maximum absolute atomic E-state index is 9.51. The first-order chi connectivity index (χ1) is 21.0. The zero-order valence-corrected chi connectivity index (χ0v) is 23.9. The van der Waals surface area contributed by atoms with Crippen molar-refractivity contribution in [1.82, 2.24) is 49.9 Å². The van der Waals surface area contributed by atoms with Crippen molar-refractivity contribution in [3.63, 3.8) is 0 Å². The summed E-state index contributed by atoms with van der Waals surface area (Å²) in [5.41, 5.74) is 25.2. The van der Waals surface area contributed by atoms with E-state index in [9.17, 15) is 5.26 Å². The molecular weight excluding hydrogens is 568 g/mol. The van der Waals surface area contributed by atoms with Gasteiger partial charge in [-0.1, -0.05) is 0 Å². The minimum absolute atomic E-state index is 0.119. The Morgan fingerprint density at radius 1 is 0.818 bits per heavy atom. The molecular formula is C24H26N20. The van der Waals surface area contributed by atoms with E-state index in [2.05, 4.69) is 60.8 Å². The standard InChI is InChI=1S/C18H15N15.C6H11N5/c1-9-15(17(30-28-9)27-10(2)21)29-31-18-12(5-20)7-26-33(18)14-3-13(23-8-24-14)32-16(22)11(4-19)6-25-32;1-3-5(8)6(11-10-3)9-4(2)7/h3,6-8H,22H2,1-2H3,(H3,21,27,28,30);8H2,1-2H3,(H3,7,9,10,11). The van der Waals surface area contributed by atoms with Gasteiger partial charge in [-0.2, -0.15) is 40.3 Å². The lowest BCUT2D eigenvalue weighted by Gasteiger charge is -2.06. The topological polar surface area (TPSA) is 320 Å².